The van der Waals surface area contributed by atoms with Gasteiger partial charge in [-0.05, 0) is 31.7 Å². The predicted molar refractivity (Wildman–Crippen MR) is 129 cm³/mol. The Kier molecular flexibility index (Phi) is 5.29. The number of carbonyl (C=O) groups is 2. The van der Waals surface area contributed by atoms with E-state index in [1.54, 1.807) is 14.2 Å². The van der Waals surface area contributed by atoms with Gasteiger partial charge in [0.2, 0.25) is 0 Å². The quantitative estimate of drug-likeness (QED) is 0.468. The number of carbonyl (C=O) groups excluding carboxylic acids is 2. The lowest BCUT2D eigenvalue weighted by Crippen LogP contribution is -2.84. The fourth-order valence-corrected chi connectivity index (χ4v) is 12.0. The minimum atomic E-state index is -0.846. The summed E-state index contributed by atoms with van der Waals surface area (Å²) >= 11 is 0. The number of nitrogens with zero attached hydrogens (tertiary/aromatic N) is 1. The highest BCUT2D eigenvalue weighted by molar-refractivity contribution is 5.68. The van der Waals surface area contributed by atoms with Crippen molar-refractivity contribution >= 4 is 11.9 Å². The molecule has 4 heterocycles. The van der Waals surface area contributed by atoms with Gasteiger partial charge in [0, 0.05) is 82.1 Å². The van der Waals surface area contributed by atoms with Crippen molar-refractivity contribution in [1.29, 1.82) is 0 Å². The fourth-order valence-electron chi connectivity index (χ4n) is 12.0. The van der Waals surface area contributed by atoms with Gasteiger partial charge >= 0.3 is 11.9 Å². The molecular formula is C28H41NO8. The van der Waals surface area contributed by atoms with E-state index in [0.717, 1.165) is 25.8 Å². The zero-order valence-corrected chi connectivity index (χ0v) is 22.8. The van der Waals surface area contributed by atoms with E-state index < -0.39 is 5.60 Å². The molecule has 9 aliphatic rings. The van der Waals surface area contributed by atoms with E-state index in [1.165, 1.54) is 13.8 Å². The Morgan fingerprint density at radius 3 is 2.46 bits per heavy atom. The van der Waals surface area contributed by atoms with Crippen molar-refractivity contribution in [3.63, 3.8) is 0 Å². The van der Waals surface area contributed by atoms with Crippen LogP contribution < -0.4 is 0 Å². The van der Waals surface area contributed by atoms with Crippen LogP contribution in [0.3, 0.4) is 0 Å². The summed E-state index contributed by atoms with van der Waals surface area (Å²) in [7, 11) is 5.33. The number of hydrogen-bond acceptors (Lipinski definition) is 9. The molecule has 9 bridgehead atoms. The molecule has 4 aliphatic heterocycles. The molecule has 9 heteroatoms. The minimum Gasteiger partial charge on any atom is -0.462 e. The summed E-state index contributed by atoms with van der Waals surface area (Å²) in [6.45, 7) is 6.65. The van der Waals surface area contributed by atoms with Gasteiger partial charge < -0.3 is 28.4 Å². The first-order valence-corrected chi connectivity index (χ1v) is 14.1. The second kappa shape index (κ2) is 7.90. The van der Waals surface area contributed by atoms with Gasteiger partial charge in [0.15, 0.2) is 0 Å². The monoisotopic (exact) mass is 519 g/mol. The van der Waals surface area contributed by atoms with Gasteiger partial charge in [-0.3, -0.25) is 14.5 Å². The molecule has 0 amide bonds. The number of methoxy groups -OCH3 is 3. The second-order valence-corrected chi connectivity index (χ2v) is 12.8. The molecule has 5 saturated carbocycles. The molecule has 5 aliphatic carbocycles. The lowest BCUT2D eigenvalue weighted by Gasteiger charge is -2.76. The molecular weight excluding hydrogens is 478 g/mol. The average Bonchev–Trinajstić information content (AvgIpc) is 3.30. The normalized spacial score (nSPS) is 56.0. The van der Waals surface area contributed by atoms with Crippen molar-refractivity contribution in [3.05, 3.63) is 0 Å². The number of esters is 2. The summed E-state index contributed by atoms with van der Waals surface area (Å²) in [5, 5.41) is 0. The van der Waals surface area contributed by atoms with E-state index >= 15 is 0 Å². The Balaban J connectivity index is 1.51. The van der Waals surface area contributed by atoms with Crippen LogP contribution in [0.15, 0.2) is 0 Å². The Hall–Kier alpha value is -1.26. The van der Waals surface area contributed by atoms with Crippen LogP contribution >= 0.6 is 0 Å². The molecule has 0 aromatic heterocycles. The maximum atomic E-state index is 12.9. The maximum absolute atomic E-state index is 12.9. The Morgan fingerprint density at radius 1 is 1.05 bits per heavy atom. The number of ether oxygens (including phenoxy) is 6. The molecule has 9 fully saturated rings. The molecule has 0 aromatic carbocycles. The van der Waals surface area contributed by atoms with E-state index in [9.17, 15) is 9.59 Å². The van der Waals surface area contributed by atoms with E-state index in [1.807, 2.05) is 7.11 Å². The largest absolute Gasteiger partial charge is 0.462 e. The van der Waals surface area contributed by atoms with E-state index in [-0.39, 0.29) is 89.0 Å². The molecule has 1 spiro atoms. The summed E-state index contributed by atoms with van der Waals surface area (Å²) < 4.78 is 38.4. The first-order chi connectivity index (χ1) is 17.8. The number of rotatable bonds is 7. The van der Waals surface area contributed by atoms with Gasteiger partial charge in [-0.25, -0.2) is 0 Å². The molecule has 206 valence electrons. The van der Waals surface area contributed by atoms with Gasteiger partial charge in [0.05, 0.1) is 24.9 Å². The molecule has 4 saturated heterocycles. The van der Waals surface area contributed by atoms with Gasteiger partial charge in [-0.15, -0.1) is 0 Å². The third-order valence-electron chi connectivity index (χ3n) is 12.1. The number of fused-ring (bicyclic) bond motifs is 3. The lowest BCUT2D eigenvalue weighted by molar-refractivity contribution is -0.400. The van der Waals surface area contributed by atoms with Crippen LogP contribution in [-0.2, 0) is 38.0 Å². The van der Waals surface area contributed by atoms with Gasteiger partial charge in [0.1, 0.15) is 17.9 Å². The van der Waals surface area contributed by atoms with Crippen molar-refractivity contribution in [3.8, 4) is 0 Å². The maximum Gasteiger partial charge on any atom is 0.303 e. The van der Waals surface area contributed by atoms with E-state index in [0.29, 0.717) is 13.0 Å². The first-order valence-electron chi connectivity index (χ1n) is 14.1. The van der Waals surface area contributed by atoms with Gasteiger partial charge in [-0.2, -0.15) is 0 Å². The zero-order valence-electron chi connectivity index (χ0n) is 22.8. The highest BCUT2D eigenvalue weighted by atomic mass is 16.6. The van der Waals surface area contributed by atoms with Crippen LogP contribution in [-0.4, -0.2) is 93.6 Å². The minimum absolute atomic E-state index is 0.0391. The molecule has 0 N–H and O–H groups in total. The van der Waals surface area contributed by atoms with Crippen molar-refractivity contribution in [2.75, 3.05) is 34.5 Å². The second-order valence-electron chi connectivity index (χ2n) is 12.8. The predicted octanol–water partition coefficient (Wildman–Crippen LogP) is 2.01. The first kappa shape index (κ1) is 24.8. The van der Waals surface area contributed by atoms with Crippen molar-refractivity contribution in [2.45, 2.75) is 88.7 Å². The van der Waals surface area contributed by atoms with E-state index in [2.05, 4.69) is 11.8 Å². The lowest BCUT2D eigenvalue weighted by atomic mass is 9.41. The summed E-state index contributed by atoms with van der Waals surface area (Å²) in [6, 6.07) is 0.161. The molecule has 14 unspecified atom stereocenters. The standard InChI is InChI=1S/C28H41NO8/c1-7-29-24-20-22(34-6)23-26(12-32-4)9-8-18(36-25(26)29)28(23,24)16-10-15-17(33-5)11-27(20,37-14(3)31)19(16)21(15)35-13(2)30/h15-25H,7-12H2,1-6H3. The van der Waals surface area contributed by atoms with Crippen molar-refractivity contribution in [2.24, 2.45) is 40.4 Å². The van der Waals surface area contributed by atoms with Crippen LogP contribution in [0.2, 0.25) is 0 Å². The highest BCUT2D eigenvalue weighted by Crippen LogP contribution is 2.83. The van der Waals surface area contributed by atoms with E-state index in [4.69, 9.17) is 28.4 Å². The van der Waals surface area contributed by atoms with Crippen molar-refractivity contribution in [1.82, 2.24) is 4.90 Å². The Labute approximate surface area is 218 Å². The summed E-state index contributed by atoms with van der Waals surface area (Å²) in [5.74, 6) is -0.341. The molecule has 37 heavy (non-hydrogen) atoms. The van der Waals surface area contributed by atoms with Crippen LogP contribution in [0.5, 0.6) is 0 Å². The Bertz CT molecular complexity index is 1000. The molecule has 9 nitrogen and oxygen atoms in total. The smallest absolute Gasteiger partial charge is 0.303 e. The van der Waals surface area contributed by atoms with Crippen LogP contribution in [0.4, 0.5) is 0 Å². The number of piperidine rings is 1. The Morgan fingerprint density at radius 2 is 1.84 bits per heavy atom. The number of hydrogen-bond donors (Lipinski definition) is 0. The zero-order chi connectivity index (χ0) is 26.1. The third kappa shape index (κ3) is 2.55. The van der Waals surface area contributed by atoms with Crippen LogP contribution in [0, 0.1) is 40.4 Å². The summed E-state index contributed by atoms with van der Waals surface area (Å²) in [6.07, 6.45) is 2.91. The van der Waals surface area contributed by atoms with Gasteiger partial charge in [0.25, 0.3) is 0 Å². The average molecular weight is 520 g/mol. The fraction of sp³-hybridized carbons (Fsp3) is 0.929. The topological polar surface area (TPSA) is 92.8 Å². The molecule has 9 rings (SSSR count). The summed E-state index contributed by atoms with van der Waals surface area (Å²) in [4.78, 5) is 27.9. The van der Waals surface area contributed by atoms with Gasteiger partial charge in [-0.1, -0.05) is 6.92 Å². The molecule has 0 aromatic rings. The molecule has 14 atom stereocenters. The van der Waals surface area contributed by atoms with Crippen LogP contribution in [0.25, 0.3) is 0 Å². The highest BCUT2D eigenvalue weighted by Gasteiger charge is 2.91. The van der Waals surface area contributed by atoms with Crippen molar-refractivity contribution < 1.29 is 38.0 Å². The summed E-state index contributed by atoms with van der Waals surface area (Å²) in [5.41, 5.74) is -1.23. The SMILES string of the molecule is CCN1C2OC3CCC2(COC)C2C(OC)C4C1C32C1CC2C(OC)CC4(OC(C)=O)C1C2OC(C)=O. The molecule has 0 radical (unpaired) electrons. The van der Waals surface area contributed by atoms with Crippen LogP contribution in [0.1, 0.15) is 46.5 Å². The third-order valence-corrected chi connectivity index (χ3v) is 12.1.